The van der Waals surface area contributed by atoms with E-state index in [1.165, 1.54) is 12.1 Å². The van der Waals surface area contributed by atoms with Gasteiger partial charge < -0.3 is 10.6 Å². The van der Waals surface area contributed by atoms with Crippen LogP contribution < -0.4 is 15.4 Å². The Bertz CT molecular complexity index is 1030. The molecule has 0 bridgehead atoms. The molecule has 0 fully saturated rings. The van der Waals surface area contributed by atoms with Gasteiger partial charge in [0.15, 0.2) is 0 Å². The largest absolute Gasteiger partial charge is 0.323 e. The van der Waals surface area contributed by atoms with Crippen LogP contribution in [0.25, 0.3) is 0 Å². The second kappa shape index (κ2) is 8.69. The first-order chi connectivity index (χ1) is 13.4. The van der Waals surface area contributed by atoms with E-state index in [4.69, 9.17) is 0 Å². The monoisotopic (exact) mass is 395 g/mol. The lowest BCUT2D eigenvalue weighted by atomic mass is 10.2. The minimum atomic E-state index is -3.64. The van der Waals surface area contributed by atoms with E-state index < -0.39 is 16.1 Å². The van der Waals surface area contributed by atoms with Gasteiger partial charge in [-0.15, -0.1) is 0 Å². The van der Waals surface area contributed by atoms with E-state index >= 15 is 0 Å². The number of urea groups is 1. The van der Waals surface area contributed by atoms with Crippen LogP contribution in [0.2, 0.25) is 0 Å². The number of amides is 2. The number of benzene rings is 3. The molecule has 0 saturated heterocycles. The molecule has 28 heavy (non-hydrogen) atoms. The topological polar surface area (TPSA) is 87.3 Å². The molecule has 0 aliphatic carbocycles. The molecule has 2 amide bonds. The summed E-state index contributed by atoms with van der Waals surface area (Å²) >= 11 is 0. The van der Waals surface area contributed by atoms with E-state index in [9.17, 15) is 13.2 Å². The number of sulfonamides is 1. The summed E-state index contributed by atoms with van der Waals surface area (Å²) in [5, 5.41) is 5.36. The van der Waals surface area contributed by atoms with Crippen LogP contribution in [0, 0.1) is 6.92 Å². The molecule has 0 aliphatic heterocycles. The van der Waals surface area contributed by atoms with Crippen molar-refractivity contribution >= 4 is 27.4 Å². The quantitative estimate of drug-likeness (QED) is 0.587. The molecule has 0 saturated carbocycles. The van der Waals surface area contributed by atoms with Crippen LogP contribution in [0.4, 0.5) is 16.2 Å². The second-order valence-electron chi connectivity index (χ2n) is 6.28. The highest BCUT2D eigenvalue weighted by Gasteiger charge is 2.14. The maximum atomic E-state index is 12.4. The molecular formula is C21H21N3O3S. The molecule has 3 aromatic rings. The molecule has 0 heterocycles. The predicted molar refractivity (Wildman–Crippen MR) is 111 cm³/mol. The zero-order valence-electron chi connectivity index (χ0n) is 15.3. The molecule has 0 unspecified atom stereocenters. The lowest BCUT2D eigenvalue weighted by molar-refractivity contribution is 0.262. The fraction of sp³-hybridized carbons (Fsp3) is 0.0952. The third-order valence-corrected chi connectivity index (χ3v) is 5.46. The van der Waals surface area contributed by atoms with Crippen LogP contribution in [-0.4, -0.2) is 14.4 Å². The van der Waals surface area contributed by atoms with Gasteiger partial charge in [0, 0.05) is 17.9 Å². The molecule has 6 nitrogen and oxygen atoms in total. The van der Waals surface area contributed by atoms with Crippen LogP contribution in [-0.2, 0) is 16.6 Å². The Labute approximate surface area is 164 Å². The molecule has 3 rings (SSSR count). The molecule has 0 atom stereocenters. The Balaban J connectivity index is 1.59. The van der Waals surface area contributed by atoms with Crippen molar-refractivity contribution in [3.63, 3.8) is 0 Å². The van der Waals surface area contributed by atoms with Gasteiger partial charge in [0.2, 0.25) is 10.0 Å². The van der Waals surface area contributed by atoms with E-state index in [0.29, 0.717) is 11.4 Å². The van der Waals surface area contributed by atoms with Crippen LogP contribution in [0.5, 0.6) is 0 Å². The smallest absolute Gasteiger partial charge is 0.308 e. The van der Waals surface area contributed by atoms with E-state index in [-0.39, 0.29) is 11.4 Å². The number of hydrogen-bond donors (Lipinski definition) is 3. The number of hydrogen-bond acceptors (Lipinski definition) is 3. The number of carbonyl (C=O) groups is 1. The van der Waals surface area contributed by atoms with Gasteiger partial charge in [0.1, 0.15) is 0 Å². The maximum Gasteiger partial charge on any atom is 0.323 e. The highest BCUT2D eigenvalue weighted by molar-refractivity contribution is 7.89. The van der Waals surface area contributed by atoms with E-state index in [1.54, 1.807) is 24.3 Å². The van der Waals surface area contributed by atoms with Crippen molar-refractivity contribution in [1.29, 1.82) is 0 Å². The highest BCUT2D eigenvalue weighted by Crippen LogP contribution is 2.15. The second-order valence-corrected chi connectivity index (χ2v) is 8.05. The Hall–Kier alpha value is -3.16. The van der Waals surface area contributed by atoms with E-state index in [2.05, 4.69) is 15.4 Å². The summed E-state index contributed by atoms with van der Waals surface area (Å²) in [5.41, 5.74) is 3.15. The number of aryl methyl sites for hydroxylation is 1. The molecule has 3 aromatic carbocycles. The van der Waals surface area contributed by atoms with Gasteiger partial charge in [0.05, 0.1) is 4.90 Å². The van der Waals surface area contributed by atoms with Crippen molar-refractivity contribution in [2.45, 2.75) is 18.4 Å². The third-order valence-electron chi connectivity index (χ3n) is 4.04. The van der Waals surface area contributed by atoms with Crippen LogP contribution in [0.15, 0.2) is 83.8 Å². The average molecular weight is 395 g/mol. The fourth-order valence-electron chi connectivity index (χ4n) is 2.50. The van der Waals surface area contributed by atoms with Crippen LogP contribution >= 0.6 is 0 Å². The Morgan fingerprint density at radius 3 is 1.96 bits per heavy atom. The lowest BCUT2D eigenvalue weighted by Crippen LogP contribution is -2.23. The minimum Gasteiger partial charge on any atom is -0.308 e. The van der Waals surface area contributed by atoms with Crippen molar-refractivity contribution in [2.75, 3.05) is 10.6 Å². The highest BCUT2D eigenvalue weighted by atomic mass is 32.2. The predicted octanol–water partition coefficient (Wildman–Crippen LogP) is 4.12. The van der Waals surface area contributed by atoms with Crippen molar-refractivity contribution in [2.24, 2.45) is 0 Å². The van der Waals surface area contributed by atoms with Crippen molar-refractivity contribution in [3.05, 3.63) is 90.0 Å². The number of para-hydroxylation sites is 1. The van der Waals surface area contributed by atoms with Crippen molar-refractivity contribution in [3.8, 4) is 0 Å². The normalized spacial score (nSPS) is 11.0. The van der Waals surface area contributed by atoms with Crippen molar-refractivity contribution in [1.82, 2.24) is 4.72 Å². The molecule has 0 radical (unpaired) electrons. The number of anilines is 2. The Kier molecular flexibility index (Phi) is 6.08. The van der Waals surface area contributed by atoms with Gasteiger partial charge in [0.25, 0.3) is 0 Å². The van der Waals surface area contributed by atoms with Gasteiger partial charge in [-0.3, -0.25) is 0 Å². The van der Waals surface area contributed by atoms with Crippen LogP contribution in [0.1, 0.15) is 11.1 Å². The number of rotatable bonds is 6. The van der Waals surface area contributed by atoms with Gasteiger partial charge in [-0.05, 0) is 48.9 Å². The molecule has 3 N–H and O–H groups in total. The van der Waals surface area contributed by atoms with E-state index in [0.717, 1.165) is 11.1 Å². The first-order valence-corrected chi connectivity index (χ1v) is 10.2. The van der Waals surface area contributed by atoms with Crippen LogP contribution in [0.3, 0.4) is 0 Å². The summed E-state index contributed by atoms with van der Waals surface area (Å²) in [7, 11) is -3.64. The summed E-state index contributed by atoms with van der Waals surface area (Å²) in [6, 6.07) is 22.3. The van der Waals surface area contributed by atoms with Gasteiger partial charge in [-0.2, -0.15) is 0 Å². The Morgan fingerprint density at radius 1 is 0.786 bits per heavy atom. The Morgan fingerprint density at radius 2 is 1.36 bits per heavy atom. The maximum absolute atomic E-state index is 12.4. The van der Waals surface area contributed by atoms with Gasteiger partial charge in [-0.25, -0.2) is 17.9 Å². The zero-order chi connectivity index (χ0) is 20.0. The summed E-state index contributed by atoms with van der Waals surface area (Å²) in [6.45, 7) is 2.19. The minimum absolute atomic E-state index is 0.133. The van der Waals surface area contributed by atoms with Gasteiger partial charge in [-0.1, -0.05) is 48.0 Å². The molecule has 7 heteroatoms. The lowest BCUT2D eigenvalue weighted by Gasteiger charge is -2.10. The zero-order valence-corrected chi connectivity index (χ0v) is 16.2. The summed E-state index contributed by atoms with van der Waals surface area (Å²) in [4.78, 5) is 12.1. The van der Waals surface area contributed by atoms with Crippen molar-refractivity contribution < 1.29 is 13.2 Å². The standard InChI is InChI=1S/C21H21N3O3S/c1-16-7-9-17(10-8-16)15-22-28(26,27)20-13-11-19(12-14-20)24-21(25)23-18-5-3-2-4-6-18/h2-14,22H,15H2,1H3,(H2,23,24,25). The first-order valence-electron chi connectivity index (χ1n) is 8.71. The number of nitrogens with one attached hydrogen (secondary N) is 3. The number of carbonyl (C=O) groups excluding carboxylic acids is 1. The fourth-order valence-corrected chi connectivity index (χ4v) is 3.52. The third kappa shape index (κ3) is 5.42. The van der Waals surface area contributed by atoms with Gasteiger partial charge >= 0.3 is 6.03 Å². The molecular weight excluding hydrogens is 374 g/mol. The van der Waals surface area contributed by atoms with E-state index in [1.807, 2.05) is 49.4 Å². The molecule has 0 aliphatic rings. The summed E-state index contributed by atoms with van der Waals surface area (Å²) < 4.78 is 27.4. The molecule has 0 spiro atoms. The average Bonchev–Trinajstić information content (AvgIpc) is 2.69. The molecule has 144 valence electrons. The first kappa shape index (κ1) is 19.6. The summed E-state index contributed by atoms with van der Waals surface area (Å²) in [5.74, 6) is 0. The molecule has 0 aromatic heterocycles. The summed E-state index contributed by atoms with van der Waals surface area (Å²) in [6.07, 6.45) is 0. The SMILES string of the molecule is Cc1ccc(CNS(=O)(=O)c2ccc(NC(=O)Nc3ccccc3)cc2)cc1.